The number of benzene rings is 2. The maximum absolute atomic E-state index is 12.6. The Morgan fingerprint density at radius 3 is 2.35 bits per heavy atom. The van der Waals surface area contributed by atoms with Crippen molar-refractivity contribution in [3.63, 3.8) is 0 Å². The molecule has 0 saturated carbocycles. The van der Waals surface area contributed by atoms with Gasteiger partial charge in [0.1, 0.15) is 0 Å². The lowest BCUT2D eigenvalue weighted by Gasteiger charge is -2.28. The molecule has 1 atom stereocenters. The topological polar surface area (TPSA) is 173 Å². The molecule has 1 unspecified atom stereocenters. The summed E-state index contributed by atoms with van der Waals surface area (Å²) in [4.78, 5) is 29.6. The molecule has 2 aromatic carbocycles. The lowest BCUT2D eigenvalue weighted by Crippen LogP contribution is -2.42. The fourth-order valence-electron chi connectivity index (χ4n) is 4.05. The van der Waals surface area contributed by atoms with E-state index in [9.17, 15) is 31.5 Å². The van der Waals surface area contributed by atoms with Crippen molar-refractivity contribution < 1.29 is 46.1 Å². The van der Waals surface area contributed by atoms with Gasteiger partial charge in [-0.3, -0.25) is 4.72 Å². The van der Waals surface area contributed by atoms with Gasteiger partial charge < -0.3 is 24.8 Å². The van der Waals surface area contributed by atoms with E-state index in [1.807, 2.05) is 24.5 Å². The van der Waals surface area contributed by atoms with Crippen LogP contribution in [0, 0.1) is 0 Å². The Kier molecular flexibility index (Phi) is 11.8. The van der Waals surface area contributed by atoms with Crippen molar-refractivity contribution in [2.24, 2.45) is 0 Å². The van der Waals surface area contributed by atoms with Crippen LogP contribution in [-0.4, -0.2) is 70.0 Å². The van der Waals surface area contributed by atoms with Gasteiger partial charge in [0.25, 0.3) is 10.0 Å². The van der Waals surface area contributed by atoms with Gasteiger partial charge >= 0.3 is 18.1 Å². The summed E-state index contributed by atoms with van der Waals surface area (Å²) in [5, 5.41) is 21.4. The zero-order chi connectivity index (χ0) is 34.1. The van der Waals surface area contributed by atoms with E-state index in [1.54, 1.807) is 61.8 Å². The van der Waals surface area contributed by atoms with Crippen molar-refractivity contribution in [3.05, 3.63) is 84.3 Å². The number of nitrogens with zero attached hydrogens (tertiary/aromatic N) is 3. The SMILES string of the molecule is CCOC(=O)c1ccc2c(ncn2CCC(C)(C)NCC(O)c2cccc(NS(=O)(=O)c3ccccc3)c2)n1.O=C(O)C(F)(F)F. The number of sulfonamides is 1. The predicted molar refractivity (Wildman–Crippen MR) is 163 cm³/mol. The number of aryl methyl sites for hydroxylation is 1. The molecule has 0 spiro atoms. The minimum Gasteiger partial charge on any atom is -0.475 e. The fourth-order valence-corrected chi connectivity index (χ4v) is 5.12. The Balaban J connectivity index is 0.000000738. The number of hydrogen-bond donors (Lipinski definition) is 4. The molecule has 16 heteroatoms. The number of aliphatic carboxylic acids is 1. The van der Waals surface area contributed by atoms with Crippen molar-refractivity contribution >= 4 is 38.8 Å². The summed E-state index contributed by atoms with van der Waals surface area (Å²) >= 11 is 0. The monoisotopic (exact) mass is 665 g/mol. The van der Waals surface area contributed by atoms with Crippen LogP contribution in [0.15, 0.2) is 78.0 Å². The van der Waals surface area contributed by atoms with Crippen LogP contribution in [0.4, 0.5) is 18.9 Å². The van der Waals surface area contributed by atoms with Gasteiger partial charge in [0.05, 0.1) is 29.5 Å². The predicted octanol–water partition coefficient (Wildman–Crippen LogP) is 4.53. The molecule has 46 heavy (non-hydrogen) atoms. The van der Waals surface area contributed by atoms with Gasteiger partial charge in [-0.1, -0.05) is 30.3 Å². The first-order chi connectivity index (χ1) is 21.5. The molecule has 4 rings (SSSR count). The number of ether oxygens (including phenoxy) is 1. The summed E-state index contributed by atoms with van der Waals surface area (Å²) in [5.74, 6) is -3.23. The number of halogens is 3. The van der Waals surface area contributed by atoms with Crippen LogP contribution in [0.5, 0.6) is 0 Å². The second-order valence-corrected chi connectivity index (χ2v) is 12.3. The summed E-state index contributed by atoms with van der Waals surface area (Å²) in [6.07, 6.45) is -3.51. The number of imidazole rings is 1. The first kappa shape index (κ1) is 35.9. The van der Waals surface area contributed by atoms with Crippen LogP contribution < -0.4 is 10.0 Å². The van der Waals surface area contributed by atoms with E-state index in [0.29, 0.717) is 23.4 Å². The maximum atomic E-state index is 12.6. The standard InChI is InChI=1S/C28H33N5O5S.C2HF3O2/c1-4-38-27(35)23-13-14-24-26(31-23)29-19-33(24)16-15-28(2,3)30-18-25(34)20-9-8-10-21(17-20)32-39(36,37)22-11-6-5-7-12-22;3-2(4,5)1(6)7/h5-14,17,19,25,30,32,34H,4,15-16,18H2,1-3H3;(H,6,7). The quantitative estimate of drug-likeness (QED) is 0.158. The van der Waals surface area contributed by atoms with Crippen LogP contribution in [0.1, 0.15) is 49.3 Å². The van der Waals surface area contributed by atoms with Crippen molar-refractivity contribution in [1.82, 2.24) is 19.9 Å². The van der Waals surface area contributed by atoms with Gasteiger partial charge in [-0.25, -0.2) is 28.0 Å². The Morgan fingerprint density at radius 2 is 1.72 bits per heavy atom. The van der Waals surface area contributed by atoms with Crippen LogP contribution >= 0.6 is 0 Å². The number of aromatic nitrogens is 3. The highest BCUT2D eigenvalue weighted by atomic mass is 32.2. The van der Waals surface area contributed by atoms with Crippen molar-refractivity contribution in [1.29, 1.82) is 0 Å². The molecule has 248 valence electrons. The van der Waals surface area contributed by atoms with E-state index in [1.165, 1.54) is 12.1 Å². The third kappa shape index (κ3) is 10.3. The van der Waals surface area contributed by atoms with Crippen LogP contribution in [-0.2, 0) is 26.1 Å². The van der Waals surface area contributed by atoms with E-state index in [0.717, 1.165) is 11.9 Å². The number of carbonyl (C=O) groups excluding carboxylic acids is 1. The molecule has 12 nitrogen and oxygen atoms in total. The van der Waals surface area contributed by atoms with Crippen molar-refractivity contribution in [2.75, 3.05) is 17.9 Å². The smallest absolute Gasteiger partial charge is 0.475 e. The number of β-amino-alcohol motifs (C(OH)–C–C–N with tert-alkyl or cyclic N) is 1. The summed E-state index contributed by atoms with van der Waals surface area (Å²) in [7, 11) is -3.73. The molecule has 2 heterocycles. The highest BCUT2D eigenvalue weighted by Crippen LogP contribution is 2.22. The molecule has 0 bridgehead atoms. The minimum absolute atomic E-state index is 0.167. The first-order valence-electron chi connectivity index (χ1n) is 13.9. The first-order valence-corrected chi connectivity index (χ1v) is 15.4. The number of rotatable bonds is 12. The normalized spacial score (nSPS) is 12.6. The Bertz CT molecular complexity index is 1750. The number of carboxylic acid groups (broad SMARTS) is 1. The largest absolute Gasteiger partial charge is 0.490 e. The maximum Gasteiger partial charge on any atom is 0.490 e. The van der Waals surface area contributed by atoms with Crippen molar-refractivity contribution in [2.45, 2.75) is 56.5 Å². The molecule has 0 fully saturated rings. The number of esters is 1. The van der Waals surface area contributed by atoms with Crippen LogP contribution in [0.3, 0.4) is 0 Å². The van der Waals surface area contributed by atoms with Gasteiger partial charge in [0.2, 0.25) is 0 Å². The number of aliphatic hydroxyl groups is 1. The second kappa shape index (κ2) is 15.2. The van der Waals surface area contributed by atoms with Gasteiger partial charge in [-0.05, 0) is 69.2 Å². The van der Waals surface area contributed by atoms with Gasteiger partial charge in [-0.2, -0.15) is 13.2 Å². The van der Waals surface area contributed by atoms with Gasteiger partial charge in [0.15, 0.2) is 11.3 Å². The Morgan fingerprint density at radius 1 is 1.04 bits per heavy atom. The highest BCUT2D eigenvalue weighted by molar-refractivity contribution is 7.92. The van der Waals surface area contributed by atoms with E-state index in [4.69, 9.17) is 14.6 Å². The number of anilines is 1. The molecule has 2 aromatic heterocycles. The molecule has 0 aliphatic rings. The van der Waals surface area contributed by atoms with Gasteiger partial charge in [-0.15, -0.1) is 0 Å². The number of aliphatic hydroxyl groups excluding tert-OH is 1. The van der Waals surface area contributed by atoms with Crippen LogP contribution in [0.25, 0.3) is 11.2 Å². The Labute approximate surface area is 263 Å². The lowest BCUT2D eigenvalue weighted by atomic mass is 9.99. The summed E-state index contributed by atoms with van der Waals surface area (Å²) in [6.45, 7) is 7.03. The van der Waals surface area contributed by atoms with E-state index in [-0.39, 0.29) is 29.3 Å². The number of pyridine rings is 1. The molecule has 0 aliphatic carbocycles. The molecule has 0 aliphatic heterocycles. The van der Waals surface area contributed by atoms with Gasteiger partial charge in [0, 0.05) is 24.3 Å². The fraction of sp³-hybridized carbons (Fsp3) is 0.333. The molecule has 0 amide bonds. The molecular formula is C30H34F3N5O7S. The zero-order valence-electron chi connectivity index (χ0n) is 25.2. The highest BCUT2D eigenvalue weighted by Gasteiger charge is 2.38. The third-order valence-corrected chi connectivity index (χ3v) is 7.94. The number of carboxylic acids is 1. The average molecular weight is 666 g/mol. The van der Waals surface area contributed by atoms with E-state index >= 15 is 0 Å². The molecule has 4 aromatic rings. The van der Waals surface area contributed by atoms with E-state index in [2.05, 4.69) is 20.0 Å². The summed E-state index contributed by atoms with van der Waals surface area (Å²) < 4.78 is 66.6. The van der Waals surface area contributed by atoms with E-state index < -0.39 is 34.2 Å². The average Bonchev–Trinajstić information content (AvgIpc) is 3.41. The number of fused-ring (bicyclic) bond motifs is 1. The Hall–Kier alpha value is -4.54. The number of hydrogen-bond acceptors (Lipinski definition) is 9. The zero-order valence-corrected chi connectivity index (χ0v) is 26.0. The molecule has 0 saturated heterocycles. The molecule has 4 N–H and O–H groups in total. The third-order valence-electron chi connectivity index (χ3n) is 6.54. The summed E-state index contributed by atoms with van der Waals surface area (Å²) in [5.41, 5.74) is 2.15. The van der Waals surface area contributed by atoms with Crippen molar-refractivity contribution in [3.8, 4) is 0 Å². The number of nitrogens with one attached hydrogen (secondary N) is 2. The second-order valence-electron chi connectivity index (χ2n) is 10.6. The number of alkyl halides is 3. The minimum atomic E-state index is -5.08. The lowest BCUT2D eigenvalue weighted by molar-refractivity contribution is -0.192. The molecule has 0 radical (unpaired) electrons. The summed E-state index contributed by atoms with van der Waals surface area (Å²) in [6, 6.07) is 18.3. The number of carbonyl (C=O) groups is 2. The van der Waals surface area contributed by atoms with Crippen LogP contribution in [0.2, 0.25) is 0 Å². The molecular weight excluding hydrogens is 631 g/mol.